The fourth-order valence-corrected chi connectivity index (χ4v) is 1.24. The SMILES string of the molecule is O=C(c1ccccc1OC(F)(F)F)C(Cl)Cl. The van der Waals surface area contributed by atoms with E-state index in [0.717, 1.165) is 12.1 Å². The molecule has 0 unspecified atom stereocenters. The predicted octanol–water partition coefficient (Wildman–Crippen LogP) is 3.57. The van der Waals surface area contributed by atoms with E-state index >= 15 is 0 Å². The van der Waals surface area contributed by atoms with Crippen molar-refractivity contribution in [3.63, 3.8) is 0 Å². The van der Waals surface area contributed by atoms with Crippen LogP contribution in [0.5, 0.6) is 5.75 Å². The third kappa shape index (κ3) is 3.57. The molecule has 0 aliphatic carbocycles. The van der Waals surface area contributed by atoms with E-state index in [-0.39, 0.29) is 5.56 Å². The van der Waals surface area contributed by atoms with Gasteiger partial charge in [0.15, 0.2) is 10.6 Å². The van der Waals surface area contributed by atoms with Crippen LogP contribution in [-0.4, -0.2) is 17.0 Å². The minimum atomic E-state index is -4.87. The van der Waals surface area contributed by atoms with E-state index in [2.05, 4.69) is 4.74 Å². The maximum atomic E-state index is 12.0. The highest BCUT2D eigenvalue weighted by atomic mass is 35.5. The second-order valence-corrected chi connectivity index (χ2v) is 3.81. The van der Waals surface area contributed by atoms with E-state index in [1.807, 2.05) is 0 Å². The van der Waals surface area contributed by atoms with Crippen molar-refractivity contribution in [2.45, 2.75) is 11.2 Å². The number of para-hydroxylation sites is 1. The van der Waals surface area contributed by atoms with Gasteiger partial charge >= 0.3 is 6.36 Å². The normalized spacial score (nSPS) is 11.6. The van der Waals surface area contributed by atoms with Gasteiger partial charge in [-0.2, -0.15) is 0 Å². The van der Waals surface area contributed by atoms with Crippen LogP contribution < -0.4 is 4.74 Å². The topological polar surface area (TPSA) is 26.3 Å². The first kappa shape index (κ1) is 13.1. The first-order chi connectivity index (χ1) is 7.31. The highest BCUT2D eigenvalue weighted by molar-refractivity contribution is 6.55. The summed E-state index contributed by atoms with van der Waals surface area (Å²) in [6, 6.07) is 4.85. The molecule has 1 aromatic rings. The summed E-state index contributed by atoms with van der Waals surface area (Å²) in [5, 5.41) is 0. The lowest BCUT2D eigenvalue weighted by Gasteiger charge is -2.12. The number of alkyl halides is 5. The fraction of sp³-hybridized carbons (Fsp3) is 0.222. The maximum absolute atomic E-state index is 12.0. The molecular formula is C9H5Cl2F3O2. The molecule has 7 heteroatoms. The van der Waals surface area contributed by atoms with Crippen molar-refractivity contribution in [1.82, 2.24) is 0 Å². The van der Waals surface area contributed by atoms with Crippen LogP contribution in [0.3, 0.4) is 0 Å². The highest BCUT2D eigenvalue weighted by Gasteiger charge is 2.33. The summed E-state index contributed by atoms with van der Waals surface area (Å²) in [5.74, 6) is -1.46. The van der Waals surface area contributed by atoms with E-state index < -0.39 is 22.7 Å². The van der Waals surface area contributed by atoms with Crippen LogP contribution in [0.25, 0.3) is 0 Å². The number of ether oxygens (including phenoxy) is 1. The molecule has 0 atom stereocenters. The van der Waals surface area contributed by atoms with Gasteiger partial charge in [0.1, 0.15) is 5.75 Å². The van der Waals surface area contributed by atoms with E-state index in [9.17, 15) is 18.0 Å². The summed E-state index contributed by atoms with van der Waals surface area (Å²) in [6.45, 7) is 0. The van der Waals surface area contributed by atoms with Crippen molar-refractivity contribution in [2.75, 3.05) is 0 Å². The number of hydrogen-bond donors (Lipinski definition) is 0. The Morgan fingerprint density at radius 3 is 2.31 bits per heavy atom. The van der Waals surface area contributed by atoms with Gasteiger partial charge in [-0.3, -0.25) is 4.79 Å². The Morgan fingerprint density at radius 1 is 1.25 bits per heavy atom. The Balaban J connectivity index is 3.06. The lowest BCUT2D eigenvalue weighted by Crippen LogP contribution is -2.20. The second-order valence-electron chi connectivity index (χ2n) is 2.71. The number of benzene rings is 1. The van der Waals surface area contributed by atoms with E-state index in [1.54, 1.807) is 0 Å². The van der Waals surface area contributed by atoms with Crippen molar-refractivity contribution in [3.05, 3.63) is 29.8 Å². The number of ketones is 1. The number of Topliss-reactive ketones (excluding diaryl/α,β-unsaturated/α-hetero) is 1. The number of hydrogen-bond acceptors (Lipinski definition) is 2. The Bertz CT molecular complexity index is 391. The maximum Gasteiger partial charge on any atom is 0.573 e. The van der Waals surface area contributed by atoms with Crippen molar-refractivity contribution in [1.29, 1.82) is 0 Å². The average Bonchev–Trinajstić information content (AvgIpc) is 2.15. The number of rotatable bonds is 3. The molecule has 1 rings (SSSR count). The summed E-state index contributed by atoms with van der Waals surface area (Å²) in [7, 11) is 0. The third-order valence-electron chi connectivity index (χ3n) is 1.58. The van der Waals surface area contributed by atoms with Gasteiger partial charge in [-0.25, -0.2) is 0 Å². The monoisotopic (exact) mass is 272 g/mol. The molecule has 0 aliphatic heterocycles. The molecule has 16 heavy (non-hydrogen) atoms. The van der Waals surface area contributed by atoms with Gasteiger partial charge in [-0.1, -0.05) is 35.3 Å². The molecule has 0 aliphatic rings. The lowest BCUT2D eigenvalue weighted by atomic mass is 10.1. The zero-order valence-electron chi connectivity index (χ0n) is 7.59. The minimum absolute atomic E-state index is 0.310. The van der Waals surface area contributed by atoms with Crippen LogP contribution in [0, 0.1) is 0 Å². The van der Waals surface area contributed by atoms with Crippen molar-refractivity contribution >= 4 is 29.0 Å². The molecule has 0 saturated heterocycles. The number of carbonyl (C=O) groups excluding carboxylic acids is 1. The minimum Gasteiger partial charge on any atom is -0.405 e. The molecule has 88 valence electrons. The lowest BCUT2D eigenvalue weighted by molar-refractivity contribution is -0.274. The van der Waals surface area contributed by atoms with Crippen LogP contribution in [0.1, 0.15) is 10.4 Å². The van der Waals surface area contributed by atoms with Crippen molar-refractivity contribution in [3.8, 4) is 5.75 Å². The summed E-state index contributed by atoms with van der Waals surface area (Å²) < 4.78 is 39.6. The number of halogens is 5. The molecule has 0 N–H and O–H groups in total. The molecule has 2 nitrogen and oxygen atoms in total. The summed E-state index contributed by atoms with van der Waals surface area (Å²) in [6.07, 6.45) is -4.87. The molecule has 0 saturated carbocycles. The molecule has 0 amide bonds. The van der Waals surface area contributed by atoms with Gasteiger partial charge in [0.2, 0.25) is 0 Å². The molecule has 1 aromatic carbocycles. The Morgan fingerprint density at radius 2 is 1.81 bits per heavy atom. The van der Waals surface area contributed by atoms with Gasteiger partial charge in [0.05, 0.1) is 5.56 Å². The molecule has 0 spiro atoms. The van der Waals surface area contributed by atoms with Gasteiger partial charge < -0.3 is 4.74 Å². The van der Waals surface area contributed by atoms with Gasteiger partial charge in [-0.05, 0) is 12.1 Å². The van der Waals surface area contributed by atoms with Gasteiger partial charge in [0.25, 0.3) is 0 Å². The van der Waals surface area contributed by atoms with E-state index in [4.69, 9.17) is 23.2 Å². The van der Waals surface area contributed by atoms with Crippen LogP contribution in [-0.2, 0) is 0 Å². The van der Waals surface area contributed by atoms with Gasteiger partial charge in [0, 0.05) is 0 Å². The average molecular weight is 273 g/mol. The van der Waals surface area contributed by atoms with E-state index in [0.29, 0.717) is 0 Å². The first-order valence-corrected chi connectivity index (χ1v) is 4.85. The second kappa shape index (κ2) is 4.93. The van der Waals surface area contributed by atoms with Crippen LogP contribution in [0.2, 0.25) is 0 Å². The molecule has 0 fully saturated rings. The summed E-state index contributed by atoms with van der Waals surface area (Å²) in [5.41, 5.74) is -0.310. The quantitative estimate of drug-likeness (QED) is 0.621. The number of carbonyl (C=O) groups is 1. The molecular weight excluding hydrogens is 268 g/mol. The van der Waals surface area contributed by atoms with Crippen molar-refractivity contribution < 1.29 is 22.7 Å². The van der Waals surface area contributed by atoms with Crippen LogP contribution in [0.15, 0.2) is 24.3 Å². The first-order valence-electron chi connectivity index (χ1n) is 3.98. The zero-order valence-corrected chi connectivity index (χ0v) is 9.10. The summed E-state index contributed by atoms with van der Waals surface area (Å²) in [4.78, 5) is 9.91. The largest absolute Gasteiger partial charge is 0.573 e. The van der Waals surface area contributed by atoms with Crippen molar-refractivity contribution in [2.24, 2.45) is 0 Å². The third-order valence-corrected chi connectivity index (χ3v) is 1.97. The Kier molecular flexibility index (Phi) is 4.04. The van der Waals surface area contributed by atoms with E-state index in [1.165, 1.54) is 12.1 Å². The molecule has 0 radical (unpaired) electrons. The molecule has 0 heterocycles. The standard InChI is InChI=1S/C9H5Cl2F3O2/c10-8(11)7(15)5-3-1-2-4-6(5)16-9(12,13)14/h1-4,8H. The zero-order chi connectivity index (χ0) is 12.3. The van der Waals surface area contributed by atoms with Crippen LogP contribution in [0.4, 0.5) is 13.2 Å². The Labute approximate surface area is 98.9 Å². The smallest absolute Gasteiger partial charge is 0.405 e. The van der Waals surface area contributed by atoms with Crippen LogP contribution >= 0.6 is 23.2 Å². The summed E-state index contributed by atoms with van der Waals surface area (Å²) >= 11 is 10.6. The molecule has 0 aromatic heterocycles. The highest BCUT2D eigenvalue weighted by Crippen LogP contribution is 2.28. The predicted molar refractivity (Wildman–Crippen MR) is 52.9 cm³/mol. The fourth-order valence-electron chi connectivity index (χ4n) is 1.00. The Hall–Kier alpha value is -0.940. The molecule has 0 bridgehead atoms. The van der Waals surface area contributed by atoms with Gasteiger partial charge in [-0.15, -0.1) is 13.2 Å².